The van der Waals surface area contributed by atoms with Crippen LogP contribution in [0.15, 0.2) is 11.7 Å². The molecule has 9 heteroatoms. The zero-order valence-electron chi connectivity index (χ0n) is 11.8. The van der Waals surface area contributed by atoms with Gasteiger partial charge in [-0.05, 0) is 6.92 Å². The van der Waals surface area contributed by atoms with Crippen molar-refractivity contribution in [1.29, 1.82) is 0 Å². The summed E-state index contributed by atoms with van der Waals surface area (Å²) in [6.07, 6.45) is 2.47. The molecule has 0 radical (unpaired) electrons. The quantitative estimate of drug-likeness (QED) is 0.801. The maximum atomic E-state index is 8.98. The van der Waals surface area contributed by atoms with Crippen LogP contribution in [0, 0.1) is 13.8 Å². The third-order valence-electron chi connectivity index (χ3n) is 2.85. The fraction of sp³-hybridized carbons (Fsp3) is 0.417. The van der Waals surface area contributed by atoms with E-state index in [1.807, 2.05) is 19.4 Å². The number of nitrogen functional groups attached to an aromatic ring is 1. The number of aliphatic hydroxyl groups excluding tert-OH is 1. The molecule has 2 aromatic rings. The largest absolute Gasteiger partial charge is 0.396 e. The molecular weight excluding hydrogens is 355 g/mol. The fourth-order valence-corrected chi connectivity index (χ4v) is 2.75. The van der Waals surface area contributed by atoms with Crippen LogP contribution in [-0.4, -0.2) is 21.7 Å². The van der Waals surface area contributed by atoms with E-state index in [9.17, 15) is 0 Å². The minimum absolute atomic E-state index is 0. The lowest BCUT2D eigenvalue weighted by atomic mass is 10.2. The van der Waals surface area contributed by atoms with Crippen LogP contribution in [0.4, 0.5) is 5.82 Å². The van der Waals surface area contributed by atoms with Gasteiger partial charge in [-0.2, -0.15) is 4.57 Å². The Hall–Kier alpha value is -0.660. The van der Waals surface area contributed by atoms with Crippen molar-refractivity contribution in [2.24, 2.45) is 0 Å². The number of nitrogens with two attached hydrogens (primary N) is 1. The van der Waals surface area contributed by atoms with E-state index in [4.69, 9.17) is 10.8 Å². The van der Waals surface area contributed by atoms with Crippen LogP contribution in [0.25, 0.3) is 0 Å². The molecule has 2 heterocycles. The summed E-state index contributed by atoms with van der Waals surface area (Å²) < 4.78 is 2.11. The molecule has 2 rings (SSSR count). The van der Waals surface area contributed by atoms with Gasteiger partial charge in [-0.25, -0.2) is 9.97 Å². The smallest absolute Gasteiger partial charge is 0.225 e. The molecular formula is C12H20Cl3N4OS+. The Kier molecular flexibility index (Phi) is 10.9. The minimum Gasteiger partial charge on any atom is -0.396 e. The molecule has 2 aromatic heterocycles. The van der Waals surface area contributed by atoms with Gasteiger partial charge < -0.3 is 10.8 Å². The summed E-state index contributed by atoms with van der Waals surface area (Å²) in [5, 5.41) is 8.98. The summed E-state index contributed by atoms with van der Waals surface area (Å²) in [7, 11) is 0. The topological polar surface area (TPSA) is 75.9 Å². The predicted octanol–water partition coefficient (Wildman–Crippen LogP) is 1.87. The molecule has 0 amide bonds. The number of anilines is 1. The number of rotatable bonds is 4. The summed E-state index contributed by atoms with van der Waals surface area (Å²) in [5.41, 5.74) is 10.0. The first-order valence-electron chi connectivity index (χ1n) is 5.77. The van der Waals surface area contributed by atoms with Crippen molar-refractivity contribution in [2.45, 2.75) is 26.8 Å². The monoisotopic (exact) mass is 373 g/mol. The molecule has 0 saturated carbocycles. The van der Waals surface area contributed by atoms with E-state index in [-0.39, 0.29) is 43.8 Å². The van der Waals surface area contributed by atoms with Crippen LogP contribution in [0.5, 0.6) is 0 Å². The van der Waals surface area contributed by atoms with Crippen LogP contribution < -0.4 is 10.3 Å². The van der Waals surface area contributed by atoms with E-state index < -0.39 is 0 Å². The van der Waals surface area contributed by atoms with E-state index in [0.717, 1.165) is 11.3 Å². The van der Waals surface area contributed by atoms with Gasteiger partial charge >= 0.3 is 0 Å². The maximum absolute atomic E-state index is 8.98. The molecule has 120 valence electrons. The Balaban J connectivity index is 0. The van der Waals surface area contributed by atoms with Gasteiger partial charge in [0.1, 0.15) is 11.6 Å². The van der Waals surface area contributed by atoms with Crippen LogP contribution in [0.1, 0.15) is 22.0 Å². The van der Waals surface area contributed by atoms with Gasteiger partial charge in [0.2, 0.25) is 5.51 Å². The number of aromatic nitrogens is 3. The average Bonchev–Trinajstić information content (AvgIpc) is 2.66. The number of aliphatic hydroxyl groups is 1. The van der Waals surface area contributed by atoms with Crippen molar-refractivity contribution in [3.63, 3.8) is 0 Å². The van der Waals surface area contributed by atoms with Crippen molar-refractivity contribution in [3.8, 4) is 0 Å². The number of halogens is 3. The van der Waals surface area contributed by atoms with Gasteiger partial charge in [-0.1, -0.05) is 11.3 Å². The molecule has 0 aliphatic carbocycles. The second-order valence-electron chi connectivity index (χ2n) is 4.16. The number of hydrogen-bond donors (Lipinski definition) is 2. The molecule has 0 aliphatic rings. The van der Waals surface area contributed by atoms with Crippen molar-refractivity contribution < 1.29 is 9.67 Å². The number of hydrogen-bond acceptors (Lipinski definition) is 5. The molecule has 0 aromatic carbocycles. The van der Waals surface area contributed by atoms with Gasteiger partial charge in [-0.3, -0.25) is 0 Å². The molecule has 5 nitrogen and oxygen atoms in total. The fourth-order valence-electron chi connectivity index (χ4n) is 1.77. The lowest BCUT2D eigenvalue weighted by Gasteiger charge is -2.01. The van der Waals surface area contributed by atoms with Crippen molar-refractivity contribution in [1.82, 2.24) is 9.97 Å². The van der Waals surface area contributed by atoms with Gasteiger partial charge in [-0.15, -0.1) is 37.2 Å². The van der Waals surface area contributed by atoms with E-state index in [1.54, 1.807) is 17.5 Å². The molecule has 0 bridgehead atoms. The summed E-state index contributed by atoms with van der Waals surface area (Å²) >= 11 is 1.65. The zero-order valence-corrected chi connectivity index (χ0v) is 15.0. The normalized spacial score (nSPS) is 9.29. The second-order valence-corrected chi connectivity index (χ2v) is 5.10. The maximum Gasteiger partial charge on any atom is 0.225 e. The first-order chi connectivity index (χ1) is 8.61. The minimum atomic E-state index is 0. The first kappa shape index (κ1) is 22.6. The van der Waals surface area contributed by atoms with Gasteiger partial charge in [0.15, 0.2) is 12.2 Å². The summed E-state index contributed by atoms with van der Waals surface area (Å²) in [6.45, 7) is 4.71. The highest BCUT2D eigenvalue weighted by molar-refractivity contribution is 7.09. The van der Waals surface area contributed by atoms with Gasteiger partial charge in [0, 0.05) is 26.1 Å². The lowest BCUT2D eigenvalue weighted by molar-refractivity contribution is -0.689. The summed E-state index contributed by atoms with van der Waals surface area (Å²) in [4.78, 5) is 9.53. The van der Waals surface area contributed by atoms with Crippen molar-refractivity contribution in [2.75, 3.05) is 12.3 Å². The SMILES string of the molecule is Cc1ncc(C[n+]2csc(CCO)c2C)c(N)n1.Cl.Cl.Cl. The Morgan fingerprint density at radius 1 is 1.29 bits per heavy atom. The average molecular weight is 375 g/mol. The highest BCUT2D eigenvalue weighted by Gasteiger charge is 2.16. The molecule has 0 unspecified atom stereocenters. The summed E-state index contributed by atoms with van der Waals surface area (Å²) in [5.74, 6) is 1.22. The highest BCUT2D eigenvalue weighted by Crippen LogP contribution is 2.13. The second kappa shape index (κ2) is 10.1. The van der Waals surface area contributed by atoms with Crippen LogP contribution >= 0.6 is 48.6 Å². The molecule has 0 spiro atoms. The molecule has 0 fully saturated rings. The Labute approximate surface area is 146 Å². The van der Waals surface area contributed by atoms with E-state index in [0.29, 0.717) is 24.6 Å². The number of aryl methyl sites for hydroxylation is 1. The standard InChI is InChI=1S/C12H17N4OS.3ClH/c1-8-11(3-4-17)18-7-16(8)6-10-5-14-9(2)15-12(10)13;;;/h5,7,17H,3-4,6H2,1-2H3,(H2,13,14,15);3*1H/q+1;;;. The Bertz CT molecular complexity index is 565. The van der Waals surface area contributed by atoms with Gasteiger partial charge in [0.25, 0.3) is 0 Å². The number of thiazole rings is 1. The third-order valence-corrected chi connectivity index (χ3v) is 4.00. The third kappa shape index (κ3) is 5.56. The zero-order chi connectivity index (χ0) is 13.1. The highest BCUT2D eigenvalue weighted by atomic mass is 35.5. The first-order valence-corrected chi connectivity index (χ1v) is 6.65. The van der Waals surface area contributed by atoms with E-state index in [2.05, 4.69) is 14.5 Å². The van der Waals surface area contributed by atoms with Crippen LogP contribution in [-0.2, 0) is 13.0 Å². The van der Waals surface area contributed by atoms with Crippen LogP contribution in [0.2, 0.25) is 0 Å². The molecule has 3 N–H and O–H groups in total. The van der Waals surface area contributed by atoms with Gasteiger partial charge in [0.05, 0.1) is 10.4 Å². The van der Waals surface area contributed by atoms with Crippen molar-refractivity contribution >= 4 is 54.4 Å². The molecule has 0 saturated heterocycles. The Morgan fingerprint density at radius 3 is 2.52 bits per heavy atom. The summed E-state index contributed by atoms with van der Waals surface area (Å²) in [6, 6.07) is 0. The van der Waals surface area contributed by atoms with Crippen LogP contribution in [0.3, 0.4) is 0 Å². The van der Waals surface area contributed by atoms with E-state index >= 15 is 0 Å². The molecule has 0 atom stereocenters. The molecule has 21 heavy (non-hydrogen) atoms. The molecule has 0 aliphatic heterocycles. The lowest BCUT2D eigenvalue weighted by Crippen LogP contribution is -2.35. The Morgan fingerprint density at radius 2 is 1.95 bits per heavy atom. The van der Waals surface area contributed by atoms with Crippen molar-refractivity contribution in [3.05, 3.63) is 33.7 Å². The number of nitrogens with zero attached hydrogens (tertiary/aromatic N) is 3. The predicted molar refractivity (Wildman–Crippen MR) is 92.1 cm³/mol. The van der Waals surface area contributed by atoms with E-state index in [1.165, 1.54) is 4.88 Å².